The molecule has 1 aromatic heterocycles. The predicted octanol–water partition coefficient (Wildman–Crippen LogP) is 6.63. The number of carbonyl (C=O) groups excluding carboxylic acids is 1. The number of piperazine rings is 1. The molecule has 1 saturated heterocycles. The molecule has 1 aliphatic heterocycles. The standard InChI is InChI=1S/C30H33BrN4O/c1-2-3-9-25-20-34(30(36)27-11-6-8-23-7-4-5-10-26(23)27)16-17-35(25)29(28-19-32-21-33-28)18-22-12-14-24(31)15-13-22/h4-8,10-15,19,21,25,29H,2-3,9,16-18,20H2,1H3,(H,32,33)/t25-,29?/m0/s1. The molecular formula is C30H33BrN4O. The van der Waals surface area contributed by atoms with Crippen LogP contribution < -0.4 is 0 Å². The molecule has 0 spiro atoms. The molecule has 2 atom stereocenters. The van der Waals surface area contributed by atoms with Crippen molar-refractivity contribution >= 4 is 32.6 Å². The highest BCUT2D eigenvalue weighted by molar-refractivity contribution is 9.10. The summed E-state index contributed by atoms with van der Waals surface area (Å²) in [5.74, 6) is 0.138. The molecule has 1 N–H and O–H groups in total. The fourth-order valence-electron chi connectivity index (χ4n) is 5.44. The Balaban J connectivity index is 1.41. The number of imidazole rings is 1. The second-order valence-electron chi connectivity index (χ2n) is 9.67. The molecule has 5 rings (SSSR count). The third kappa shape index (κ3) is 5.40. The number of unbranched alkanes of at least 4 members (excludes halogenated alkanes) is 1. The van der Waals surface area contributed by atoms with Crippen molar-refractivity contribution in [2.24, 2.45) is 0 Å². The first-order valence-corrected chi connectivity index (χ1v) is 13.7. The van der Waals surface area contributed by atoms with Gasteiger partial charge in [0, 0.05) is 41.9 Å². The monoisotopic (exact) mass is 544 g/mol. The van der Waals surface area contributed by atoms with Crippen molar-refractivity contribution in [2.45, 2.75) is 44.7 Å². The van der Waals surface area contributed by atoms with E-state index < -0.39 is 0 Å². The van der Waals surface area contributed by atoms with Crippen molar-refractivity contribution in [1.29, 1.82) is 0 Å². The van der Waals surface area contributed by atoms with Gasteiger partial charge in [0.05, 0.1) is 18.1 Å². The molecule has 0 radical (unpaired) electrons. The summed E-state index contributed by atoms with van der Waals surface area (Å²) in [4.78, 5) is 26.1. The van der Waals surface area contributed by atoms with Crippen LogP contribution in [0.15, 0.2) is 83.7 Å². The minimum Gasteiger partial charge on any atom is -0.347 e. The number of nitrogens with zero attached hydrogens (tertiary/aromatic N) is 3. The van der Waals surface area contributed by atoms with Gasteiger partial charge in [0.1, 0.15) is 0 Å². The van der Waals surface area contributed by atoms with Gasteiger partial charge in [0.25, 0.3) is 5.91 Å². The zero-order valence-electron chi connectivity index (χ0n) is 20.7. The van der Waals surface area contributed by atoms with Crippen molar-refractivity contribution in [3.05, 3.63) is 101 Å². The van der Waals surface area contributed by atoms with Gasteiger partial charge in [-0.3, -0.25) is 9.69 Å². The van der Waals surface area contributed by atoms with Gasteiger partial charge in [-0.2, -0.15) is 0 Å². The van der Waals surface area contributed by atoms with Gasteiger partial charge in [-0.1, -0.05) is 84.2 Å². The summed E-state index contributed by atoms with van der Waals surface area (Å²) in [6.45, 7) is 4.54. The van der Waals surface area contributed by atoms with E-state index in [4.69, 9.17) is 0 Å². The van der Waals surface area contributed by atoms with Crippen molar-refractivity contribution < 1.29 is 4.79 Å². The van der Waals surface area contributed by atoms with Gasteiger partial charge in [-0.15, -0.1) is 0 Å². The van der Waals surface area contributed by atoms with Crippen molar-refractivity contribution in [2.75, 3.05) is 19.6 Å². The Morgan fingerprint density at radius 1 is 1.08 bits per heavy atom. The number of hydrogen-bond acceptors (Lipinski definition) is 3. The number of H-pyrrole nitrogens is 1. The number of aromatic amines is 1. The highest BCUT2D eigenvalue weighted by atomic mass is 79.9. The molecule has 1 fully saturated rings. The lowest BCUT2D eigenvalue weighted by Gasteiger charge is -2.45. The van der Waals surface area contributed by atoms with Crippen LogP contribution in [0.4, 0.5) is 0 Å². The smallest absolute Gasteiger partial charge is 0.254 e. The van der Waals surface area contributed by atoms with Crippen LogP contribution in [0.3, 0.4) is 0 Å². The lowest BCUT2D eigenvalue weighted by molar-refractivity contribution is 0.0277. The average molecular weight is 546 g/mol. The van der Waals surface area contributed by atoms with Crippen molar-refractivity contribution in [3.63, 3.8) is 0 Å². The summed E-state index contributed by atoms with van der Waals surface area (Å²) in [6, 6.07) is 23.3. The number of halogens is 1. The predicted molar refractivity (Wildman–Crippen MR) is 149 cm³/mol. The fraction of sp³-hybridized carbons (Fsp3) is 0.333. The molecule has 0 aliphatic carbocycles. The summed E-state index contributed by atoms with van der Waals surface area (Å²) < 4.78 is 1.09. The SMILES string of the molecule is CCCC[C@H]1CN(C(=O)c2cccc3ccccc23)CCN1C(Cc1ccc(Br)cc1)c1cnc[nH]1. The van der Waals surface area contributed by atoms with E-state index in [0.29, 0.717) is 6.04 Å². The van der Waals surface area contributed by atoms with Gasteiger partial charge >= 0.3 is 0 Å². The lowest BCUT2D eigenvalue weighted by atomic mass is 9.96. The lowest BCUT2D eigenvalue weighted by Crippen LogP contribution is -2.56. The Bertz CT molecular complexity index is 1280. The molecule has 0 bridgehead atoms. The highest BCUT2D eigenvalue weighted by Crippen LogP contribution is 2.31. The van der Waals surface area contributed by atoms with Crippen molar-refractivity contribution in [1.82, 2.24) is 19.8 Å². The molecule has 6 heteroatoms. The molecule has 1 aliphatic rings. The highest BCUT2D eigenvalue weighted by Gasteiger charge is 2.35. The molecule has 3 aromatic carbocycles. The summed E-state index contributed by atoms with van der Waals surface area (Å²) >= 11 is 3.56. The van der Waals surface area contributed by atoms with Gasteiger partial charge in [-0.25, -0.2) is 4.98 Å². The van der Waals surface area contributed by atoms with Crippen LogP contribution in [0.25, 0.3) is 10.8 Å². The van der Waals surface area contributed by atoms with Crippen LogP contribution in [-0.4, -0.2) is 51.4 Å². The first kappa shape index (κ1) is 24.7. The number of aromatic nitrogens is 2. The maximum Gasteiger partial charge on any atom is 0.254 e. The number of carbonyl (C=O) groups is 1. The van der Waals surface area contributed by atoms with E-state index in [-0.39, 0.29) is 11.9 Å². The summed E-state index contributed by atoms with van der Waals surface area (Å²) in [6.07, 6.45) is 7.98. The van der Waals surface area contributed by atoms with Crippen LogP contribution in [0, 0.1) is 0 Å². The summed E-state index contributed by atoms with van der Waals surface area (Å²) in [7, 11) is 0. The van der Waals surface area contributed by atoms with Crippen LogP contribution in [-0.2, 0) is 6.42 Å². The van der Waals surface area contributed by atoms with Gasteiger partial charge in [-0.05, 0) is 47.4 Å². The van der Waals surface area contributed by atoms with E-state index in [1.165, 1.54) is 5.56 Å². The Kier molecular flexibility index (Phi) is 7.83. The molecule has 36 heavy (non-hydrogen) atoms. The Hall–Kier alpha value is -2.96. The topological polar surface area (TPSA) is 52.2 Å². The third-order valence-electron chi connectivity index (χ3n) is 7.35. The Morgan fingerprint density at radius 2 is 1.89 bits per heavy atom. The number of hydrogen-bond donors (Lipinski definition) is 1. The number of benzene rings is 3. The molecule has 4 aromatic rings. The molecule has 186 valence electrons. The van der Waals surface area contributed by atoms with Crippen LogP contribution in [0.1, 0.15) is 53.8 Å². The maximum absolute atomic E-state index is 13.7. The normalized spacial score (nSPS) is 17.4. The molecule has 2 heterocycles. The zero-order valence-corrected chi connectivity index (χ0v) is 22.3. The zero-order chi connectivity index (χ0) is 24.9. The van der Waals surface area contributed by atoms with Crippen LogP contribution in [0.5, 0.6) is 0 Å². The average Bonchev–Trinajstić information content (AvgIpc) is 3.46. The van der Waals surface area contributed by atoms with E-state index in [1.54, 1.807) is 6.33 Å². The minimum absolute atomic E-state index is 0.138. The fourth-order valence-corrected chi connectivity index (χ4v) is 5.71. The van der Waals surface area contributed by atoms with Gasteiger partial charge in [0.2, 0.25) is 0 Å². The number of fused-ring (bicyclic) bond motifs is 1. The summed E-state index contributed by atoms with van der Waals surface area (Å²) in [5.41, 5.74) is 3.23. The first-order valence-electron chi connectivity index (χ1n) is 12.9. The minimum atomic E-state index is 0.138. The summed E-state index contributed by atoms with van der Waals surface area (Å²) in [5, 5.41) is 2.14. The first-order chi connectivity index (χ1) is 17.6. The van der Waals surface area contributed by atoms with Gasteiger partial charge < -0.3 is 9.88 Å². The molecule has 1 amide bonds. The van der Waals surface area contributed by atoms with Gasteiger partial charge in [0.15, 0.2) is 0 Å². The van der Waals surface area contributed by atoms with Crippen LogP contribution >= 0.6 is 15.9 Å². The number of amides is 1. The molecule has 5 nitrogen and oxygen atoms in total. The van der Waals surface area contributed by atoms with E-state index in [9.17, 15) is 4.79 Å². The number of nitrogens with one attached hydrogen (secondary N) is 1. The van der Waals surface area contributed by atoms with Crippen molar-refractivity contribution in [3.8, 4) is 0 Å². The Morgan fingerprint density at radius 3 is 2.67 bits per heavy atom. The quantitative estimate of drug-likeness (QED) is 0.271. The maximum atomic E-state index is 13.7. The largest absolute Gasteiger partial charge is 0.347 e. The van der Waals surface area contributed by atoms with Crippen LogP contribution in [0.2, 0.25) is 0 Å². The second kappa shape index (κ2) is 11.4. The second-order valence-corrected chi connectivity index (χ2v) is 10.6. The molecule has 0 saturated carbocycles. The van der Waals surface area contributed by atoms with E-state index >= 15 is 0 Å². The Labute approximate surface area is 221 Å². The van der Waals surface area contributed by atoms with E-state index in [1.807, 2.05) is 30.5 Å². The molecular weight excluding hydrogens is 512 g/mol. The van der Waals surface area contributed by atoms with E-state index in [2.05, 4.69) is 85.1 Å². The third-order valence-corrected chi connectivity index (χ3v) is 7.88. The molecule has 1 unspecified atom stereocenters. The number of rotatable bonds is 8. The van der Waals surface area contributed by atoms with E-state index in [0.717, 1.165) is 71.8 Å².